The molecule has 0 spiro atoms. The number of aromatic nitrogens is 1. The molecule has 0 radical (unpaired) electrons. The molecule has 2 rings (SSSR count). The number of amides is 1. The van der Waals surface area contributed by atoms with Crippen LogP contribution in [0.5, 0.6) is 0 Å². The highest BCUT2D eigenvalue weighted by atomic mass is 16.2. The van der Waals surface area contributed by atoms with Crippen molar-refractivity contribution >= 4 is 16.8 Å². The van der Waals surface area contributed by atoms with E-state index in [0.717, 1.165) is 47.8 Å². The molecule has 0 aliphatic carbocycles. The first-order chi connectivity index (χ1) is 10.2. The lowest BCUT2D eigenvalue weighted by Crippen LogP contribution is -2.26. The minimum atomic E-state index is 0.0741. The summed E-state index contributed by atoms with van der Waals surface area (Å²) in [4.78, 5) is 15.3. The molecule has 0 atom stereocenters. The molecule has 1 amide bonds. The second-order valence-corrected chi connectivity index (χ2v) is 5.44. The maximum Gasteiger partial charge on any atom is 0.224 e. The van der Waals surface area contributed by atoms with Gasteiger partial charge in [0.05, 0.1) is 6.42 Å². The molecule has 21 heavy (non-hydrogen) atoms. The highest BCUT2D eigenvalue weighted by molar-refractivity contribution is 5.90. The van der Waals surface area contributed by atoms with Gasteiger partial charge in [-0.2, -0.15) is 0 Å². The van der Waals surface area contributed by atoms with Crippen LogP contribution in [0.2, 0.25) is 0 Å². The highest BCUT2D eigenvalue weighted by Gasteiger charge is 2.11. The van der Waals surface area contributed by atoms with Gasteiger partial charge >= 0.3 is 0 Å². The Morgan fingerprint density at radius 3 is 2.76 bits per heavy atom. The van der Waals surface area contributed by atoms with Crippen LogP contribution in [0.4, 0.5) is 0 Å². The average Bonchev–Trinajstić information content (AvgIpc) is 2.79. The van der Waals surface area contributed by atoms with Crippen molar-refractivity contribution in [2.24, 2.45) is 0 Å². The third-order valence-corrected chi connectivity index (χ3v) is 3.77. The van der Waals surface area contributed by atoms with Gasteiger partial charge in [-0.15, -0.1) is 0 Å². The van der Waals surface area contributed by atoms with Crippen molar-refractivity contribution in [3.05, 3.63) is 35.5 Å². The Morgan fingerprint density at radius 2 is 1.95 bits per heavy atom. The van der Waals surface area contributed by atoms with Gasteiger partial charge in [0.15, 0.2) is 0 Å². The van der Waals surface area contributed by atoms with Gasteiger partial charge in [-0.05, 0) is 31.4 Å². The standard InChI is InChI=1S/C17H24N2O2/c1-13-15(14-8-4-5-9-16(14)19-13)12-17(21)18-10-6-2-3-7-11-20/h4-5,8-9,19-20H,2-3,6-7,10-12H2,1H3,(H,18,21). The van der Waals surface area contributed by atoms with Crippen LogP contribution in [0.3, 0.4) is 0 Å². The van der Waals surface area contributed by atoms with Crippen LogP contribution >= 0.6 is 0 Å². The van der Waals surface area contributed by atoms with Crippen LogP contribution < -0.4 is 5.32 Å². The predicted molar refractivity (Wildman–Crippen MR) is 85.3 cm³/mol. The molecule has 0 aliphatic heterocycles. The molecule has 0 unspecified atom stereocenters. The van der Waals surface area contributed by atoms with Crippen molar-refractivity contribution in [1.82, 2.24) is 10.3 Å². The van der Waals surface area contributed by atoms with E-state index in [4.69, 9.17) is 5.11 Å². The van der Waals surface area contributed by atoms with Crippen LogP contribution in [0, 0.1) is 6.92 Å². The molecule has 0 fully saturated rings. The number of aliphatic hydroxyl groups excluding tert-OH is 1. The topological polar surface area (TPSA) is 65.1 Å². The number of carbonyl (C=O) groups excluding carboxylic acids is 1. The molecule has 1 heterocycles. The fourth-order valence-electron chi connectivity index (χ4n) is 2.60. The summed E-state index contributed by atoms with van der Waals surface area (Å²) >= 11 is 0. The van der Waals surface area contributed by atoms with Crippen molar-refractivity contribution in [3.8, 4) is 0 Å². The minimum absolute atomic E-state index is 0.0741. The molecule has 4 heteroatoms. The smallest absolute Gasteiger partial charge is 0.224 e. The number of aryl methyl sites for hydroxylation is 1. The van der Waals surface area contributed by atoms with Crippen LogP contribution in [-0.2, 0) is 11.2 Å². The SMILES string of the molecule is Cc1[nH]c2ccccc2c1CC(=O)NCCCCCCO. The van der Waals surface area contributed by atoms with Crippen LogP contribution in [0.15, 0.2) is 24.3 Å². The highest BCUT2D eigenvalue weighted by Crippen LogP contribution is 2.22. The first kappa shape index (κ1) is 15.6. The van der Waals surface area contributed by atoms with Crippen LogP contribution in [0.1, 0.15) is 36.9 Å². The van der Waals surface area contributed by atoms with E-state index in [-0.39, 0.29) is 12.5 Å². The molecule has 1 aromatic heterocycles. The zero-order valence-corrected chi connectivity index (χ0v) is 12.6. The molecule has 1 aromatic carbocycles. The second kappa shape index (κ2) is 7.84. The lowest BCUT2D eigenvalue weighted by atomic mass is 10.1. The largest absolute Gasteiger partial charge is 0.396 e. The van der Waals surface area contributed by atoms with Crippen LogP contribution in [-0.4, -0.2) is 29.1 Å². The Kier molecular flexibility index (Phi) is 5.81. The average molecular weight is 288 g/mol. The van der Waals surface area contributed by atoms with Gasteiger partial charge in [0, 0.05) is 29.7 Å². The van der Waals surface area contributed by atoms with E-state index in [1.807, 2.05) is 25.1 Å². The van der Waals surface area contributed by atoms with E-state index in [9.17, 15) is 4.79 Å². The van der Waals surface area contributed by atoms with E-state index in [0.29, 0.717) is 13.0 Å². The number of H-pyrrole nitrogens is 1. The molecule has 3 N–H and O–H groups in total. The molecular formula is C17H24N2O2. The zero-order chi connectivity index (χ0) is 15.1. The Bertz CT molecular complexity index is 589. The van der Waals surface area contributed by atoms with Crippen molar-refractivity contribution < 1.29 is 9.90 Å². The number of hydrogen-bond acceptors (Lipinski definition) is 2. The molecule has 2 aromatic rings. The number of aromatic amines is 1. The molecule has 114 valence electrons. The monoisotopic (exact) mass is 288 g/mol. The third-order valence-electron chi connectivity index (χ3n) is 3.77. The van der Waals surface area contributed by atoms with Gasteiger partial charge in [-0.25, -0.2) is 0 Å². The van der Waals surface area contributed by atoms with E-state index in [1.54, 1.807) is 0 Å². The van der Waals surface area contributed by atoms with Gasteiger partial charge in [0.1, 0.15) is 0 Å². The van der Waals surface area contributed by atoms with E-state index in [1.165, 1.54) is 0 Å². The van der Waals surface area contributed by atoms with E-state index < -0.39 is 0 Å². The number of fused-ring (bicyclic) bond motifs is 1. The molecule has 0 saturated carbocycles. The maximum absolute atomic E-state index is 12.0. The van der Waals surface area contributed by atoms with Gasteiger partial charge < -0.3 is 15.4 Å². The van der Waals surface area contributed by atoms with E-state index >= 15 is 0 Å². The van der Waals surface area contributed by atoms with Crippen molar-refractivity contribution in [2.45, 2.75) is 39.0 Å². The Hall–Kier alpha value is -1.81. The predicted octanol–water partition coefficient (Wildman–Crippen LogP) is 2.69. The number of nitrogens with one attached hydrogen (secondary N) is 2. The van der Waals surface area contributed by atoms with Gasteiger partial charge in [0.25, 0.3) is 0 Å². The number of hydrogen-bond donors (Lipinski definition) is 3. The summed E-state index contributed by atoms with van der Waals surface area (Å²) in [6.45, 7) is 2.98. The number of rotatable bonds is 8. The third kappa shape index (κ3) is 4.33. The first-order valence-corrected chi connectivity index (χ1v) is 7.66. The number of para-hydroxylation sites is 1. The van der Waals surface area contributed by atoms with Crippen molar-refractivity contribution in [3.63, 3.8) is 0 Å². The molecule has 4 nitrogen and oxygen atoms in total. The maximum atomic E-state index is 12.0. The van der Waals surface area contributed by atoms with Gasteiger partial charge in [0.2, 0.25) is 5.91 Å². The molecule has 0 bridgehead atoms. The number of aliphatic hydroxyl groups is 1. The molecular weight excluding hydrogens is 264 g/mol. The number of benzene rings is 1. The van der Waals surface area contributed by atoms with Gasteiger partial charge in [-0.1, -0.05) is 31.0 Å². The summed E-state index contributed by atoms with van der Waals surface area (Å²) in [5.41, 5.74) is 3.24. The summed E-state index contributed by atoms with van der Waals surface area (Å²) in [5, 5.41) is 12.8. The normalized spacial score (nSPS) is 11.0. The van der Waals surface area contributed by atoms with Gasteiger partial charge in [-0.3, -0.25) is 4.79 Å². The Morgan fingerprint density at radius 1 is 1.19 bits per heavy atom. The summed E-state index contributed by atoms with van der Waals surface area (Å²) in [5.74, 6) is 0.0741. The summed E-state index contributed by atoms with van der Waals surface area (Å²) in [6.07, 6.45) is 4.31. The Balaban J connectivity index is 1.83. The molecule has 0 saturated heterocycles. The fraction of sp³-hybridized carbons (Fsp3) is 0.471. The van der Waals surface area contributed by atoms with Crippen molar-refractivity contribution in [2.75, 3.05) is 13.2 Å². The lowest BCUT2D eigenvalue weighted by molar-refractivity contribution is -0.120. The van der Waals surface area contributed by atoms with Crippen molar-refractivity contribution in [1.29, 1.82) is 0 Å². The quantitative estimate of drug-likeness (QED) is 0.654. The minimum Gasteiger partial charge on any atom is -0.396 e. The zero-order valence-electron chi connectivity index (χ0n) is 12.6. The second-order valence-electron chi connectivity index (χ2n) is 5.44. The number of carbonyl (C=O) groups is 1. The fourth-order valence-corrected chi connectivity index (χ4v) is 2.60. The lowest BCUT2D eigenvalue weighted by Gasteiger charge is -2.05. The van der Waals surface area contributed by atoms with E-state index in [2.05, 4.69) is 16.4 Å². The first-order valence-electron chi connectivity index (χ1n) is 7.66. The summed E-state index contributed by atoms with van der Waals surface area (Å²) < 4.78 is 0. The van der Waals surface area contributed by atoms with Crippen LogP contribution in [0.25, 0.3) is 10.9 Å². The number of unbranched alkanes of at least 4 members (excludes halogenated alkanes) is 3. The molecule has 0 aliphatic rings. The Labute approximate surface area is 125 Å². The summed E-state index contributed by atoms with van der Waals surface area (Å²) in [7, 11) is 0. The summed E-state index contributed by atoms with van der Waals surface area (Å²) in [6, 6.07) is 8.08.